The van der Waals surface area contributed by atoms with Gasteiger partial charge in [-0.25, -0.2) is 0 Å². The van der Waals surface area contributed by atoms with Crippen LogP contribution in [0.2, 0.25) is 0 Å². The number of rotatable bonds is 5. The van der Waals surface area contributed by atoms with Crippen molar-refractivity contribution < 1.29 is 75.8 Å². The predicted molar refractivity (Wildman–Crippen MR) is 71.8 cm³/mol. The van der Waals surface area contributed by atoms with Crippen molar-refractivity contribution in [1.29, 1.82) is 0 Å². The molecule has 1 aliphatic heterocycles. The van der Waals surface area contributed by atoms with Gasteiger partial charge in [-0.3, -0.25) is 24.6 Å². The topological polar surface area (TPSA) is 121 Å². The van der Waals surface area contributed by atoms with Gasteiger partial charge in [0.1, 0.15) is 0 Å². The van der Waals surface area contributed by atoms with E-state index >= 15 is 0 Å². The third-order valence-electron chi connectivity index (χ3n) is 3.39. The number of carbonyl (C=O) groups is 3. The minimum atomic E-state index is -1.53. The quantitative estimate of drug-likeness (QED) is 0.249. The van der Waals surface area contributed by atoms with Gasteiger partial charge in [-0.1, -0.05) is 13.8 Å². The molecular weight excluding hydrogens is 331 g/mol. The fourth-order valence-corrected chi connectivity index (χ4v) is 2.40. The maximum atomic E-state index is 12.3. The number of carboxylic acid groups (broad SMARTS) is 1. The van der Waals surface area contributed by atoms with Crippen LogP contribution in [0.5, 0.6) is 0 Å². The first-order valence-corrected chi connectivity index (χ1v) is 6.61. The number of nitrogens with zero attached hydrogens (tertiary/aromatic N) is 2. The van der Waals surface area contributed by atoms with Gasteiger partial charge in [-0.15, -0.1) is 0 Å². The minimum Gasteiger partial charge on any atom is -0.548 e. The van der Waals surface area contributed by atoms with Crippen molar-refractivity contribution in [3.8, 4) is 0 Å². The van der Waals surface area contributed by atoms with Gasteiger partial charge in [-0.05, 0) is 18.4 Å². The van der Waals surface area contributed by atoms with Crippen molar-refractivity contribution in [1.82, 2.24) is 4.90 Å². The summed E-state index contributed by atoms with van der Waals surface area (Å²) in [6, 6.07) is 1.85. The van der Waals surface area contributed by atoms with Gasteiger partial charge in [0.15, 0.2) is 0 Å². The van der Waals surface area contributed by atoms with Crippen LogP contribution < -0.4 is 56.5 Å². The molecule has 1 aromatic carbocycles. The van der Waals surface area contributed by atoms with E-state index in [0.717, 1.165) is 18.2 Å². The van der Waals surface area contributed by atoms with Crippen molar-refractivity contribution in [2.24, 2.45) is 5.92 Å². The second-order valence-corrected chi connectivity index (χ2v) is 5.43. The molecule has 0 saturated carbocycles. The van der Waals surface area contributed by atoms with E-state index in [1.54, 1.807) is 13.8 Å². The SMILES string of the molecule is CC(C)CC(C(=O)[O-])N1C(=O)c2ccc([N+](=O)[O-])cc2C1=O.[K+]. The summed E-state index contributed by atoms with van der Waals surface area (Å²) in [6.45, 7) is 3.50. The average Bonchev–Trinajstić information content (AvgIpc) is 2.67. The van der Waals surface area contributed by atoms with Gasteiger partial charge < -0.3 is 9.90 Å². The fraction of sp³-hybridized carbons (Fsp3) is 0.357. The summed E-state index contributed by atoms with van der Waals surface area (Å²) in [5.41, 5.74) is -0.532. The molecule has 0 spiro atoms. The van der Waals surface area contributed by atoms with Crippen LogP contribution in [0.3, 0.4) is 0 Å². The van der Waals surface area contributed by atoms with Crippen molar-refractivity contribution in [3.63, 3.8) is 0 Å². The van der Waals surface area contributed by atoms with Gasteiger partial charge >= 0.3 is 51.4 Å². The largest absolute Gasteiger partial charge is 1.00 e. The number of hydrogen-bond donors (Lipinski definition) is 0. The minimum absolute atomic E-state index is 0. The second-order valence-electron chi connectivity index (χ2n) is 5.43. The van der Waals surface area contributed by atoms with Crippen molar-refractivity contribution >= 4 is 23.5 Å². The van der Waals surface area contributed by atoms with Crippen molar-refractivity contribution in [2.45, 2.75) is 26.3 Å². The zero-order valence-corrected chi connectivity index (χ0v) is 16.1. The molecule has 23 heavy (non-hydrogen) atoms. The maximum Gasteiger partial charge on any atom is 1.00 e. The Morgan fingerprint density at radius 1 is 1.22 bits per heavy atom. The summed E-state index contributed by atoms with van der Waals surface area (Å²) in [5.74, 6) is -3.23. The molecule has 0 aliphatic carbocycles. The van der Waals surface area contributed by atoms with Crippen molar-refractivity contribution in [2.75, 3.05) is 0 Å². The zero-order valence-electron chi connectivity index (χ0n) is 12.9. The number of aliphatic carboxylic acids is 1. The van der Waals surface area contributed by atoms with Gasteiger partial charge in [0, 0.05) is 12.1 Å². The van der Waals surface area contributed by atoms with Crippen LogP contribution in [-0.4, -0.2) is 33.6 Å². The van der Waals surface area contributed by atoms with E-state index in [1.165, 1.54) is 0 Å². The second kappa shape index (κ2) is 7.62. The summed E-state index contributed by atoms with van der Waals surface area (Å²) in [7, 11) is 0. The van der Waals surface area contributed by atoms with Crippen LogP contribution in [0, 0.1) is 16.0 Å². The first-order valence-electron chi connectivity index (χ1n) is 6.61. The number of carboxylic acids is 1. The summed E-state index contributed by atoms with van der Waals surface area (Å²) in [4.78, 5) is 46.5. The monoisotopic (exact) mass is 344 g/mol. The smallest absolute Gasteiger partial charge is 0.548 e. The molecule has 1 heterocycles. The number of imide groups is 1. The molecule has 8 nitrogen and oxygen atoms in total. The maximum absolute atomic E-state index is 12.3. The summed E-state index contributed by atoms with van der Waals surface area (Å²) in [6.07, 6.45) is 0.0515. The van der Waals surface area contributed by atoms with Crippen LogP contribution in [-0.2, 0) is 4.79 Å². The molecule has 2 rings (SSSR count). The number of nitro groups is 1. The zero-order chi connectivity index (χ0) is 16.6. The van der Waals surface area contributed by atoms with Crippen LogP contribution in [0.25, 0.3) is 0 Å². The van der Waals surface area contributed by atoms with Crippen LogP contribution >= 0.6 is 0 Å². The Morgan fingerprint density at radius 3 is 2.26 bits per heavy atom. The standard InChI is InChI=1S/C14H14N2O6.K/c1-7(2)5-11(14(19)20)15-12(17)9-4-3-8(16(21)22)6-10(9)13(15)18;/h3-4,6-7,11H,5H2,1-2H3,(H,19,20);/q;+1/p-1. The van der Waals surface area contributed by atoms with E-state index in [9.17, 15) is 29.6 Å². The molecule has 2 amide bonds. The Balaban J connectivity index is 0.00000264. The Labute approximate surface area is 174 Å². The molecule has 0 fully saturated rings. The normalized spacial score (nSPS) is 14.5. The number of non-ortho nitro benzene ring substituents is 1. The van der Waals surface area contributed by atoms with Crippen LogP contribution in [0.1, 0.15) is 41.0 Å². The van der Waals surface area contributed by atoms with Gasteiger partial charge in [-0.2, -0.15) is 0 Å². The third-order valence-corrected chi connectivity index (χ3v) is 3.39. The molecule has 1 aliphatic rings. The molecule has 1 unspecified atom stereocenters. The molecule has 1 aromatic rings. The molecule has 1 atom stereocenters. The molecule has 0 aromatic heterocycles. The number of carbonyl (C=O) groups excluding carboxylic acids is 3. The molecule has 0 N–H and O–H groups in total. The Hall–Kier alpha value is -1.13. The van der Waals surface area contributed by atoms with E-state index in [4.69, 9.17) is 0 Å². The Bertz CT molecular complexity index is 688. The number of amides is 2. The van der Waals surface area contributed by atoms with Crippen LogP contribution in [0.15, 0.2) is 18.2 Å². The van der Waals surface area contributed by atoms with Gasteiger partial charge in [0.05, 0.1) is 28.1 Å². The Kier molecular flexibility index (Phi) is 6.60. The third kappa shape index (κ3) is 3.86. The summed E-state index contributed by atoms with van der Waals surface area (Å²) >= 11 is 0. The Morgan fingerprint density at radius 2 is 1.78 bits per heavy atom. The van der Waals surface area contributed by atoms with E-state index < -0.39 is 28.7 Å². The summed E-state index contributed by atoms with van der Waals surface area (Å²) in [5, 5.41) is 22.0. The number of nitro benzene ring substituents is 1. The van der Waals surface area contributed by atoms with E-state index in [0.29, 0.717) is 4.90 Å². The van der Waals surface area contributed by atoms with Gasteiger partial charge in [0.2, 0.25) is 0 Å². The van der Waals surface area contributed by atoms with E-state index in [2.05, 4.69) is 0 Å². The van der Waals surface area contributed by atoms with Gasteiger partial charge in [0.25, 0.3) is 17.5 Å². The van der Waals surface area contributed by atoms with E-state index in [-0.39, 0.29) is 80.5 Å². The average molecular weight is 344 g/mol. The molecular formula is C14H13KN2O6. The number of fused-ring (bicyclic) bond motifs is 1. The number of hydrogen-bond acceptors (Lipinski definition) is 6. The molecule has 116 valence electrons. The van der Waals surface area contributed by atoms with Crippen molar-refractivity contribution in [3.05, 3.63) is 39.4 Å². The first-order chi connectivity index (χ1) is 10.2. The fourth-order valence-electron chi connectivity index (χ4n) is 2.40. The number of benzene rings is 1. The molecule has 0 bridgehead atoms. The molecule has 9 heteroatoms. The predicted octanol–water partition coefficient (Wildman–Crippen LogP) is -2.64. The summed E-state index contributed by atoms with van der Waals surface area (Å²) < 4.78 is 0. The molecule has 0 radical (unpaired) electrons. The van der Waals surface area contributed by atoms with E-state index in [1.807, 2.05) is 0 Å². The molecule has 0 saturated heterocycles. The van der Waals surface area contributed by atoms with Crippen LogP contribution in [0.4, 0.5) is 5.69 Å². The first kappa shape index (κ1) is 19.9.